The normalized spacial score (nSPS) is 10.1. The molecule has 2 aromatic rings. The van der Waals surface area contributed by atoms with Crippen LogP contribution in [-0.4, -0.2) is 27.1 Å². The third-order valence-electron chi connectivity index (χ3n) is 2.44. The molecule has 0 bridgehead atoms. The Hall–Kier alpha value is -2.96. The number of carbonyl (C=O) groups is 2. The van der Waals surface area contributed by atoms with Crippen molar-refractivity contribution in [1.82, 2.24) is 4.98 Å². The van der Waals surface area contributed by atoms with E-state index in [1.54, 1.807) is 0 Å². The molecule has 0 aliphatic carbocycles. The Morgan fingerprint density at radius 1 is 1.20 bits per heavy atom. The van der Waals surface area contributed by atoms with Gasteiger partial charge >= 0.3 is 5.97 Å². The average Bonchev–Trinajstić information content (AvgIpc) is 2.39. The molecular formula is C13H9FN2O4. The van der Waals surface area contributed by atoms with Gasteiger partial charge in [0.05, 0.1) is 17.4 Å². The Morgan fingerprint density at radius 3 is 2.50 bits per heavy atom. The van der Waals surface area contributed by atoms with Crippen molar-refractivity contribution in [2.24, 2.45) is 0 Å². The molecule has 0 saturated heterocycles. The number of anilines is 1. The van der Waals surface area contributed by atoms with Crippen LogP contribution < -0.4 is 5.32 Å². The molecule has 1 aromatic carbocycles. The monoisotopic (exact) mass is 276 g/mol. The maximum atomic E-state index is 12.8. The summed E-state index contributed by atoms with van der Waals surface area (Å²) in [6.45, 7) is 0. The summed E-state index contributed by atoms with van der Waals surface area (Å²) < 4.78 is 12.8. The van der Waals surface area contributed by atoms with Crippen LogP contribution in [0.5, 0.6) is 5.75 Å². The summed E-state index contributed by atoms with van der Waals surface area (Å²) in [6.07, 6.45) is 1.17. The molecule has 0 aliphatic rings. The van der Waals surface area contributed by atoms with E-state index >= 15 is 0 Å². The number of carboxylic acids is 1. The number of aromatic nitrogens is 1. The first-order valence-electron chi connectivity index (χ1n) is 5.46. The van der Waals surface area contributed by atoms with Gasteiger partial charge in [-0.25, -0.2) is 14.2 Å². The number of aromatic carboxylic acids is 1. The van der Waals surface area contributed by atoms with Gasteiger partial charge in [0.15, 0.2) is 0 Å². The van der Waals surface area contributed by atoms with Crippen LogP contribution in [0.25, 0.3) is 0 Å². The van der Waals surface area contributed by atoms with Gasteiger partial charge in [0.1, 0.15) is 17.3 Å². The van der Waals surface area contributed by atoms with Crippen LogP contribution in [0.1, 0.15) is 20.8 Å². The Bertz CT molecular complexity index is 671. The number of nitrogens with one attached hydrogen (secondary N) is 1. The molecule has 3 N–H and O–H groups in total. The van der Waals surface area contributed by atoms with E-state index in [4.69, 9.17) is 5.11 Å². The number of benzene rings is 1. The van der Waals surface area contributed by atoms with E-state index in [1.807, 2.05) is 0 Å². The van der Waals surface area contributed by atoms with E-state index in [9.17, 15) is 19.1 Å². The smallest absolute Gasteiger partial charge is 0.354 e. The van der Waals surface area contributed by atoms with Gasteiger partial charge in [-0.1, -0.05) is 0 Å². The highest BCUT2D eigenvalue weighted by Crippen LogP contribution is 2.19. The number of hydrogen-bond donors (Lipinski definition) is 3. The largest absolute Gasteiger partial charge is 0.507 e. The van der Waals surface area contributed by atoms with Gasteiger partial charge in [-0.3, -0.25) is 4.79 Å². The maximum Gasteiger partial charge on any atom is 0.354 e. The third-order valence-corrected chi connectivity index (χ3v) is 2.44. The van der Waals surface area contributed by atoms with Crippen LogP contribution in [0, 0.1) is 5.82 Å². The molecule has 1 amide bonds. The standard InChI is InChI=1S/C13H9FN2O4/c14-7-1-3-9(11(17)5-7)12(18)16-8-2-4-10(13(19)20)15-6-8/h1-6,17H,(H,16,18)(H,19,20). The fourth-order valence-electron chi connectivity index (χ4n) is 1.49. The van der Waals surface area contributed by atoms with Gasteiger partial charge < -0.3 is 15.5 Å². The summed E-state index contributed by atoms with van der Waals surface area (Å²) in [5.41, 5.74) is -0.00920. The summed E-state index contributed by atoms with van der Waals surface area (Å²) in [5.74, 6) is -2.99. The number of nitrogens with zero attached hydrogens (tertiary/aromatic N) is 1. The second-order valence-corrected chi connectivity index (χ2v) is 3.85. The number of aromatic hydroxyl groups is 1. The number of halogens is 1. The van der Waals surface area contributed by atoms with Crippen LogP contribution in [0.4, 0.5) is 10.1 Å². The second kappa shape index (κ2) is 5.35. The van der Waals surface area contributed by atoms with Crippen LogP contribution in [0.3, 0.4) is 0 Å². The highest BCUT2D eigenvalue weighted by Gasteiger charge is 2.12. The fourth-order valence-corrected chi connectivity index (χ4v) is 1.49. The Morgan fingerprint density at radius 2 is 1.95 bits per heavy atom. The van der Waals surface area contributed by atoms with E-state index in [0.29, 0.717) is 0 Å². The van der Waals surface area contributed by atoms with Crippen molar-refractivity contribution in [3.63, 3.8) is 0 Å². The lowest BCUT2D eigenvalue weighted by Crippen LogP contribution is -2.12. The van der Waals surface area contributed by atoms with Crippen molar-refractivity contribution in [2.45, 2.75) is 0 Å². The van der Waals surface area contributed by atoms with Crippen molar-refractivity contribution >= 4 is 17.6 Å². The first-order chi connectivity index (χ1) is 9.47. The van der Waals surface area contributed by atoms with E-state index in [1.165, 1.54) is 18.3 Å². The summed E-state index contributed by atoms with van der Waals surface area (Å²) in [4.78, 5) is 26.1. The second-order valence-electron chi connectivity index (χ2n) is 3.85. The number of carbonyl (C=O) groups excluding carboxylic acids is 1. The molecule has 0 aliphatic heterocycles. The molecule has 1 aromatic heterocycles. The van der Waals surface area contributed by atoms with E-state index in [-0.39, 0.29) is 16.9 Å². The predicted molar refractivity (Wildman–Crippen MR) is 67.2 cm³/mol. The molecule has 0 unspecified atom stereocenters. The van der Waals surface area contributed by atoms with Crippen LogP contribution >= 0.6 is 0 Å². The molecule has 7 heteroatoms. The molecule has 0 radical (unpaired) electrons. The molecule has 102 valence electrons. The lowest BCUT2D eigenvalue weighted by molar-refractivity contribution is 0.0690. The molecule has 0 fully saturated rings. The lowest BCUT2D eigenvalue weighted by Gasteiger charge is -2.06. The lowest BCUT2D eigenvalue weighted by atomic mass is 10.2. The molecular weight excluding hydrogens is 267 g/mol. The number of phenolic OH excluding ortho intramolecular Hbond substituents is 1. The molecule has 6 nitrogen and oxygen atoms in total. The number of phenols is 1. The molecule has 0 saturated carbocycles. The number of amides is 1. The first-order valence-corrected chi connectivity index (χ1v) is 5.46. The van der Waals surface area contributed by atoms with Crippen LogP contribution in [0.15, 0.2) is 36.5 Å². The molecule has 2 rings (SSSR count). The van der Waals surface area contributed by atoms with Crippen molar-refractivity contribution in [3.8, 4) is 5.75 Å². The van der Waals surface area contributed by atoms with Gasteiger partial charge in [0.25, 0.3) is 5.91 Å². The quantitative estimate of drug-likeness (QED) is 0.794. The van der Waals surface area contributed by atoms with Gasteiger partial charge in [-0.2, -0.15) is 0 Å². The number of rotatable bonds is 3. The van der Waals surface area contributed by atoms with Gasteiger partial charge in [0, 0.05) is 6.07 Å². The number of pyridine rings is 1. The average molecular weight is 276 g/mol. The maximum absolute atomic E-state index is 12.8. The molecule has 0 spiro atoms. The van der Waals surface area contributed by atoms with Crippen molar-refractivity contribution < 1.29 is 24.2 Å². The minimum atomic E-state index is -1.18. The predicted octanol–water partition coefficient (Wildman–Crippen LogP) is 1.88. The Labute approximate surface area is 112 Å². The first kappa shape index (κ1) is 13.5. The number of hydrogen-bond acceptors (Lipinski definition) is 4. The topological polar surface area (TPSA) is 99.5 Å². The summed E-state index contributed by atoms with van der Waals surface area (Å²) in [6, 6.07) is 5.58. The Balaban J connectivity index is 2.17. The number of carboxylic acid groups (broad SMARTS) is 1. The molecule has 20 heavy (non-hydrogen) atoms. The third kappa shape index (κ3) is 2.89. The van der Waals surface area contributed by atoms with Gasteiger partial charge in [0.2, 0.25) is 0 Å². The van der Waals surface area contributed by atoms with Crippen LogP contribution in [-0.2, 0) is 0 Å². The van der Waals surface area contributed by atoms with Crippen molar-refractivity contribution in [1.29, 1.82) is 0 Å². The van der Waals surface area contributed by atoms with Crippen molar-refractivity contribution in [3.05, 3.63) is 53.6 Å². The summed E-state index contributed by atoms with van der Waals surface area (Å²) in [7, 11) is 0. The Kier molecular flexibility index (Phi) is 3.60. The minimum absolute atomic E-state index is 0.103. The zero-order chi connectivity index (χ0) is 14.7. The zero-order valence-electron chi connectivity index (χ0n) is 10.0. The van der Waals surface area contributed by atoms with Crippen molar-refractivity contribution in [2.75, 3.05) is 5.32 Å². The molecule has 1 heterocycles. The van der Waals surface area contributed by atoms with Crippen LogP contribution in [0.2, 0.25) is 0 Å². The van der Waals surface area contributed by atoms with Gasteiger partial charge in [-0.15, -0.1) is 0 Å². The fraction of sp³-hybridized carbons (Fsp3) is 0. The highest BCUT2D eigenvalue weighted by molar-refractivity contribution is 6.06. The minimum Gasteiger partial charge on any atom is -0.507 e. The van der Waals surface area contributed by atoms with Gasteiger partial charge in [-0.05, 0) is 24.3 Å². The summed E-state index contributed by atoms with van der Waals surface area (Å²) in [5, 5.41) is 20.5. The van der Waals surface area contributed by atoms with E-state index in [2.05, 4.69) is 10.3 Å². The summed E-state index contributed by atoms with van der Waals surface area (Å²) >= 11 is 0. The van der Waals surface area contributed by atoms with E-state index in [0.717, 1.165) is 18.2 Å². The molecule has 0 atom stereocenters. The zero-order valence-corrected chi connectivity index (χ0v) is 10.0. The SMILES string of the molecule is O=C(O)c1ccc(NC(=O)c2ccc(F)cc2O)cn1. The highest BCUT2D eigenvalue weighted by atomic mass is 19.1. The van der Waals surface area contributed by atoms with E-state index < -0.39 is 23.4 Å².